The number of hydrogen-bond acceptors (Lipinski definition) is 9. The maximum Gasteiger partial charge on any atom is 0.409 e. The number of piperazine rings is 1. The highest BCUT2D eigenvalue weighted by molar-refractivity contribution is 5.99. The van der Waals surface area contributed by atoms with Crippen LogP contribution in [0.2, 0.25) is 0 Å². The number of hydrogen-bond donors (Lipinski definition) is 3. The molecule has 3 N–H and O–H groups in total. The summed E-state index contributed by atoms with van der Waals surface area (Å²) in [5.41, 5.74) is -0.528. The summed E-state index contributed by atoms with van der Waals surface area (Å²) >= 11 is 0. The number of halogens is 1. The summed E-state index contributed by atoms with van der Waals surface area (Å²) < 4.78 is 25.8. The lowest BCUT2D eigenvalue weighted by Crippen LogP contribution is -2.56. The molecule has 3 heterocycles. The Morgan fingerprint density at radius 3 is 2.43 bits per heavy atom. The fourth-order valence-electron chi connectivity index (χ4n) is 6.13. The van der Waals surface area contributed by atoms with E-state index < -0.39 is 60.7 Å². The third-order valence-electron chi connectivity index (χ3n) is 9.03. The summed E-state index contributed by atoms with van der Waals surface area (Å²) in [7, 11) is 0. The third kappa shape index (κ3) is 8.53. The molecule has 49 heavy (non-hydrogen) atoms. The number of para-hydroxylation sites is 1. The van der Waals surface area contributed by atoms with Crippen molar-refractivity contribution in [3.63, 3.8) is 0 Å². The van der Waals surface area contributed by atoms with Crippen molar-refractivity contribution in [2.24, 2.45) is 0 Å². The minimum Gasteiger partial charge on any atom is -0.483 e. The molecule has 5 rings (SSSR count). The number of amides is 5. The number of likely N-dealkylation sites (tertiary alicyclic amines) is 1. The number of fused-ring (bicyclic) bond motifs is 1. The van der Waals surface area contributed by atoms with Gasteiger partial charge in [0.25, 0.3) is 11.8 Å². The number of carboxylic acid groups (broad SMARTS) is 1. The SMILES string of the molecule is CCOC(=O)N1CCN(C(=O)[C@H](CCC(=O)O)NC(=O)c2cc(OCC(=O)N3CCC[C@H]3C(=O)NC3CCC3)c3cccc(F)c3n2)CC1. The lowest BCUT2D eigenvalue weighted by atomic mass is 9.93. The summed E-state index contributed by atoms with van der Waals surface area (Å²) in [6.07, 6.45) is 2.91. The van der Waals surface area contributed by atoms with E-state index in [1.54, 1.807) is 6.92 Å². The van der Waals surface area contributed by atoms with Crippen molar-refractivity contribution < 1.29 is 47.7 Å². The molecule has 1 aliphatic carbocycles. The Hall–Kier alpha value is -5.02. The number of ether oxygens (including phenoxy) is 2. The second-order valence-electron chi connectivity index (χ2n) is 12.3. The number of carbonyl (C=O) groups excluding carboxylic acids is 5. The predicted molar refractivity (Wildman–Crippen MR) is 171 cm³/mol. The van der Waals surface area contributed by atoms with Crippen LogP contribution in [0.5, 0.6) is 5.75 Å². The van der Waals surface area contributed by atoms with Gasteiger partial charge >= 0.3 is 12.1 Å². The number of carboxylic acids is 1. The second-order valence-corrected chi connectivity index (χ2v) is 12.3. The molecule has 2 aromatic rings. The Balaban J connectivity index is 1.30. The Labute approximate surface area is 282 Å². The van der Waals surface area contributed by atoms with Crippen LogP contribution in [0.25, 0.3) is 10.9 Å². The first-order chi connectivity index (χ1) is 23.5. The molecule has 3 aliphatic rings. The van der Waals surface area contributed by atoms with Gasteiger partial charge in [0.2, 0.25) is 11.8 Å². The van der Waals surface area contributed by atoms with Gasteiger partial charge in [-0.3, -0.25) is 24.0 Å². The number of pyridine rings is 1. The maximum absolute atomic E-state index is 15.0. The monoisotopic (exact) mass is 684 g/mol. The number of nitrogens with zero attached hydrogens (tertiary/aromatic N) is 4. The molecule has 0 bridgehead atoms. The highest BCUT2D eigenvalue weighted by Gasteiger charge is 2.36. The topological polar surface area (TPSA) is 188 Å². The molecule has 1 aromatic carbocycles. The number of nitrogens with one attached hydrogen (secondary N) is 2. The normalized spacial score (nSPS) is 18.4. The Morgan fingerprint density at radius 2 is 1.76 bits per heavy atom. The quantitative estimate of drug-likeness (QED) is 0.297. The fraction of sp³-hybridized carbons (Fsp3) is 0.545. The zero-order valence-electron chi connectivity index (χ0n) is 27.3. The average molecular weight is 685 g/mol. The van der Waals surface area contributed by atoms with Gasteiger partial charge in [-0.1, -0.05) is 6.07 Å². The minimum atomic E-state index is -1.26. The van der Waals surface area contributed by atoms with Gasteiger partial charge < -0.3 is 39.9 Å². The van der Waals surface area contributed by atoms with Gasteiger partial charge in [-0.15, -0.1) is 0 Å². The van der Waals surface area contributed by atoms with E-state index in [0.29, 0.717) is 19.4 Å². The predicted octanol–water partition coefficient (Wildman–Crippen LogP) is 1.68. The van der Waals surface area contributed by atoms with Crippen molar-refractivity contribution in [3.05, 3.63) is 35.8 Å². The summed E-state index contributed by atoms with van der Waals surface area (Å²) in [6.45, 7) is 2.45. The number of aromatic nitrogens is 1. The van der Waals surface area contributed by atoms with Crippen molar-refractivity contribution >= 4 is 46.6 Å². The van der Waals surface area contributed by atoms with E-state index in [1.165, 1.54) is 32.9 Å². The van der Waals surface area contributed by atoms with E-state index in [2.05, 4.69) is 15.6 Å². The molecular formula is C33H41FN6O9. The molecule has 1 aromatic heterocycles. The molecule has 264 valence electrons. The molecule has 2 atom stereocenters. The number of benzene rings is 1. The van der Waals surface area contributed by atoms with Crippen LogP contribution >= 0.6 is 0 Å². The fourth-order valence-corrected chi connectivity index (χ4v) is 6.13. The van der Waals surface area contributed by atoms with E-state index in [0.717, 1.165) is 25.3 Å². The Morgan fingerprint density at radius 1 is 1.02 bits per heavy atom. The van der Waals surface area contributed by atoms with Crippen LogP contribution in [-0.2, 0) is 23.9 Å². The van der Waals surface area contributed by atoms with E-state index >= 15 is 0 Å². The highest BCUT2D eigenvalue weighted by atomic mass is 19.1. The van der Waals surface area contributed by atoms with Crippen molar-refractivity contribution in [2.75, 3.05) is 45.9 Å². The van der Waals surface area contributed by atoms with E-state index in [9.17, 15) is 38.3 Å². The summed E-state index contributed by atoms with van der Waals surface area (Å²) in [5, 5.41) is 15.0. The van der Waals surface area contributed by atoms with Crippen LogP contribution < -0.4 is 15.4 Å². The van der Waals surface area contributed by atoms with E-state index in [4.69, 9.17) is 9.47 Å². The van der Waals surface area contributed by atoms with Crippen LogP contribution in [0.3, 0.4) is 0 Å². The van der Waals surface area contributed by atoms with Crippen molar-refractivity contribution in [1.82, 2.24) is 30.3 Å². The van der Waals surface area contributed by atoms with Crippen LogP contribution in [0.15, 0.2) is 24.3 Å². The molecule has 0 unspecified atom stereocenters. The van der Waals surface area contributed by atoms with Gasteiger partial charge in [0.15, 0.2) is 6.61 Å². The van der Waals surface area contributed by atoms with Gasteiger partial charge in [0.05, 0.1) is 6.61 Å². The summed E-state index contributed by atoms with van der Waals surface area (Å²) in [5.74, 6) is -4.02. The number of aliphatic carboxylic acids is 1. The van der Waals surface area contributed by atoms with Crippen molar-refractivity contribution in [2.45, 2.75) is 70.0 Å². The molecule has 1 saturated carbocycles. The molecule has 2 aliphatic heterocycles. The first kappa shape index (κ1) is 35.3. The van der Waals surface area contributed by atoms with Gasteiger partial charge in [0, 0.05) is 56.6 Å². The van der Waals surface area contributed by atoms with Crippen LogP contribution in [0, 0.1) is 5.82 Å². The minimum absolute atomic E-state index is 0.0128. The van der Waals surface area contributed by atoms with Crippen molar-refractivity contribution in [3.8, 4) is 5.75 Å². The lowest BCUT2D eigenvalue weighted by Gasteiger charge is -2.35. The van der Waals surface area contributed by atoms with Crippen LogP contribution in [0.4, 0.5) is 9.18 Å². The molecular weight excluding hydrogens is 643 g/mol. The third-order valence-corrected chi connectivity index (χ3v) is 9.03. The Bertz CT molecular complexity index is 1590. The molecule has 5 amide bonds. The molecule has 2 saturated heterocycles. The molecule has 0 spiro atoms. The van der Waals surface area contributed by atoms with Gasteiger partial charge in [-0.05, 0) is 57.6 Å². The first-order valence-corrected chi connectivity index (χ1v) is 16.6. The number of rotatable bonds is 12. The van der Waals surface area contributed by atoms with Gasteiger partial charge in [0.1, 0.15) is 34.9 Å². The van der Waals surface area contributed by atoms with E-state index in [1.807, 2.05) is 0 Å². The zero-order valence-corrected chi connectivity index (χ0v) is 27.3. The molecule has 0 radical (unpaired) electrons. The smallest absolute Gasteiger partial charge is 0.409 e. The molecule has 16 heteroatoms. The summed E-state index contributed by atoms with van der Waals surface area (Å²) in [4.78, 5) is 85.1. The lowest BCUT2D eigenvalue weighted by molar-refractivity contribution is -0.140. The van der Waals surface area contributed by atoms with Crippen molar-refractivity contribution in [1.29, 1.82) is 0 Å². The first-order valence-electron chi connectivity index (χ1n) is 16.6. The molecule has 15 nitrogen and oxygen atoms in total. The summed E-state index contributed by atoms with van der Waals surface area (Å²) in [6, 6.07) is 3.58. The molecule has 3 fully saturated rings. The van der Waals surface area contributed by atoms with Crippen LogP contribution in [0.1, 0.15) is 62.4 Å². The largest absolute Gasteiger partial charge is 0.483 e. The zero-order chi connectivity index (χ0) is 35.1. The Kier molecular flexibility index (Phi) is 11.5. The average Bonchev–Trinajstić information content (AvgIpc) is 3.57. The second kappa shape index (κ2) is 15.9. The number of carbonyl (C=O) groups is 6. The van der Waals surface area contributed by atoms with Gasteiger partial charge in [-0.2, -0.15) is 0 Å². The van der Waals surface area contributed by atoms with Gasteiger partial charge in [-0.25, -0.2) is 14.2 Å². The highest BCUT2D eigenvalue weighted by Crippen LogP contribution is 2.28. The maximum atomic E-state index is 15.0. The standard InChI is InChI=1S/C33H41FN6O9/c1-2-48-33(47)39-16-14-38(15-17-39)32(46)23(11-12-28(42)43)37-30(44)24-18-26(21-8-4-9-22(34)29(21)36-24)49-19-27(41)40-13-5-10-25(40)31(45)35-20-6-3-7-20/h4,8-9,18,20,23,25H,2-3,5-7,10-17,19H2,1H3,(H,35,45)(H,37,44)(H,42,43)/t23-,25-/m0/s1. The van der Waals surface area contributed by atoms with Crippen LogP contribution in [-0.4, -0.2) is 125 Å². The van der Waals surface area contributed by atoms with E-state index in [-0.39, 0.29) is 73.5 Å².